The minimum atomic E-state index is -0.367. The first-order chi connectivity index (χ1) is 9.22. The largest absolute Gasteiger partial charge is 0.384 e. The van der Waals surface area contributed by atoms with Crippen LogP contribution in [0, 0.1) is 0 Å². The summed E-state index contributed by atoms with van der Waals surface area (Å²) in [4.78, 5) is 17.8. The minimum Gasteiger partial charge on any atom is -0.384 e. The second kappa shape index (κ2) is 6.36. The molecule has 100 valence electrons. The SMILES string of the molecule is COCCc1ccccc1Nc1nc[nH]c(=O)c1Cl. The van der Waals surface area contributed by atoms with Crippen molar-refractivity contribution in [1.82, 2.24) is 9.97 Å². The van der Waals surface area contributed by atoms with E-state index in [4.69, 9.17) is 16.3 Å². The number of benzene rings is 1. The lowest BCUT2D eigenvalue weighted by atomic mass is 10.1. The van der Waals surface area contributed by atoms with Crippen molar-refractivity contribution >= 4 is 23.1 Å². The summed E-state index contributed by atoms with van der Waals surface area (Å²) >= 11 is 5.91. The molecule has 0 aliphatic heterocycles. The van der Waals surface area contributed by atoms with Gasteiger partial charge in [-0.05, 0) is 18.1 Å². The smallest absolute Gasteiger partial charge is 0.271 e. The van der Waals surface area contributed by atoms with Crippen LogP contribution in [0.15, 0.2) is 35.4 Å². The van der Waals surface area contributed by atoms with Crippen LogP contribution in [0.2, 0.25) is 5.02 Å². The van der Waals surface area contributed by atoms with Crippen LogP contribution in [-0.4, -0.2) is 23.7 Å². The van der Waals surface area contributed by atoms with Crippen molar-refractivity contribution in [3.63, 3.8) is 0 Å². The standard InChI is InChI=1S/C13H14ClN3O2/c1-19-7-6-9-4-2-3-5-10(9)17-12-11(14)13(18)16-8-15-12/h2-5,8H,6-7H2,1H3,(H2,15,16,17,18). The van der Waals surface area contributed by atoms with Gasteiger partial charge in [0.1, 0.15) is 5.02 Å². The van der Waals surface area contributed by atoms with Crippen LogP contribution < -0.4 is 10.9 Å². The molecule has 1 heterocycles. The van der Waals surface area contributed by atoms with Gasteiger partial charge in [0, 0.05) is 12.8 Å². The molecule has 0 saturated heterocycles. The third-order valence-electron chi connectivity index (χ3n) is 2.64. The lowest BCUT2D eigenvalue weighted by Crippen LogP contribution is -2.10. The molecule has 6 heteroatoms. The zero-order chi connectivity index (χ0) is 13.7. The summed E-state index contributed by atoms with van der Waals surface area (Å²) in [6, 6.07) is 7.75. The fourth-order valence-electron chi connectivity index (χ4n) is 1.67. The van der Waals surface area contributed by atoms with Gasteiger partial charge in [-0.25, -0.2) is 4.98 Å². The van der Waals surface area contributed by atoms with Gasteiger partial charge in [0.25, 0.3) is 5.56 Å². The number of aromatic nitrogens is 2. The second-order valence-corrected chi connectivity index (χ2v) is 4.30. The van der Waals surface area contributed by atoms with E-state index in [9.17, 15) is 4.79 Å². The topological polar surface area (TPSA) is 67.0 Å². The summed E-state index contributed by atoms with van der Waals surface area (Å²) in [7, 11) is 1.66. The molecule has 0 bridgehead atoms. The maximum Gasteiger partial charge on any atom is 0.271 e. The Morgan fingerprint density at radius 1 is 1.42 bits per heavy atom. The summed E-state index contributed by atoms with van der Waals surface area (Å²) in [5.74, 6) is 0.343. The molecule has 2 rings (SSSR count). The third kappa shape index (κ3) is 3.33. The van der Waals surface area contributed by atoms with Gasteiger partial charge in [-0.1, -0.05) is 29.8 Å². The van der Waals surface area contributed by atoms with E-state index in [2.05, 4.69) is 15.3 Å². The van der Waals surface area contributed by atoms with E-state index in [-0.39, 0.29) is 10.6 Å². The highest BCUT2D eigenvalue weighted by atomic mass is 35.5. The molecular weight excluding hydrogens is 266 g/mol. The molecule has 5 nitrogen and oxygen atoms in total. The van der Waals surface area contributed by atoms with Crippen molar-refractivity contribution in [2.75, 3.05) is 19.0 Å². The second-order valence-electron chi connectivity index (χ2n) is 3.92. The fourth-order valence-corrected chi connectivity index (χ4v) is 1.82. The van der Waals surface area contributed by atoms with Gasteiger partial charge in [0.15, 0.2) is 5.82 Å². The number of H-pyrrole nitrogens is 1. The van der Waals surface area contributed by atoms with Crippen LogP contribution in [0.5, 0.6) is 0 Å². The summed E-state index contributed by atoms with van der Waals surface area (Å²) in [6.07, 6.45) is 2.08. The molecule has 0 radical (unpaired) electrons. The van der Waals surface area contributed by atoms with E-state index in [1.807, 2.05) is 24.3 Å². The molecule has 0 fully saturated rings. The fraction of sp³-hybridized carbons (Fsp3) is 0.231. The van der Waals surface area contributed by atoms with Gasteiger partial charge in [-0.2, -0.15) is 0 Å². The van der Waals surface area contributed by atoms with Crippen LogP contribution in [0.3, 0.4) is 0 Å². The van der Waals surface area contributed by atoms with Crippen molar-refractivity contribution in [2.45, 2.75) is 6.42 Å². The highest BCUT2D eigenvalue weighted by molar-refractivity contribution is 6.32. The molecule has 0 aliphatic rings. The normalized spacial score (nSPS) is 10.4. The number of nitrogens with one attached hydrogen (secondary N) is 2. The van der Waals surface area contributed by atoms with Crippen molar-refractivity contribution in [3.05, 3.63) is 51.5 Å². The molecule has 0 amide bonds. The van der Waals surface area contributed by atoms with Gasteiger partial charge >= 0.3 is 0 Å². The van der Waals surface area contributed by atoms with Gasteiger partial charge in [-0.15, -0.1) is 0 Å². The van der Waals surface area contributed by atoms with E-state index in [0.29, 0.717) is 12.4 Å². The number of aromatic amines is 1. The number of nitrogens with zero attached hydrogens (tertiary/aromatic N) is 1. The molecule has 0 saturated carbocycles. The highest BCUT2D eigenvalue weighted by Crippen LogP contribution is 2.22. The Kier molecular flexibility index (Phi) is 4.54. The van der Waals surface area contributed by atoms with Crippen LogP contribution in [0.25, 0.3) is 0 Å². The average molecular weight is 280 g/mol. The van der Waals surface area contributed by atoms with E-state index in [0.717, 1.165) is 17.7 Å². The number of anilines is 2. The first-order valence-electron chi connectivity index (χ1n) is 5.79. The number of ether oxygens (including phenoxy) is 1. The summed E-state index contributed by atoms with van der Waals surface area (Å²) in [5, 5.41) is 3.12. The Morgan fingerprint density at radius 3 is 3.00 bits per heavy atom. The minimum absolute atomic E-state index is 0.0454. The van der Waals surface area contributed by atoms with E-state index >= 15 is 0 Å². The summed E-state index contributed by atoms with van der Waals surface area (Å²) in [5.41, 5.74) is 1.57. The first-order valence-corrected chi connectivity index (χ1v) is 6.17. The van der Waals surface area contributed by atoms with Gasteiger partial charge < -0.3 is 15.0 Å². The maximum absolute atomic E-state index is 11.4. The van der Waals surface area contributed by atoms with Gasteiger partial charge in [-0.3, -0.25) is 4.79 Å². The third-order valence-corrected chi connectivity index (χ3v) is 2.99. The molecule has 2 aromatic rings. The predicted octanol–water partition coefficient (Wildman–Crippen LogP) is 2.36. The zero-order valence-electron chi connectivity index (χ0n) is 10.4. The number of para-hydroxylation sites is 1. The Morgan fingerprint density at radius 2 is 2.21 bits per heavy atom. The molecule has 2 N–H and O–H groups in total. The Balaban J connectivity index is 2.28. The van der Waals surface area contributed by atoms with Crippen molar-refractivity contribution < 1.29 is 4.74 Å². The van der Waals surface area contributed by atoms with Crippen LogP contribution >= 0.6 is 11.6 Å². The zero-order valence-corrected chi connectivity index (χ0v) is 11.2. The molecule has 0 spiro atoms. The number of halogens is 1. The van der Waals surface area contributed by atoms with E-state index in [1.165, 1.54) is 6.33 Å². The average Bonchev–Trinajstić information content (AvgIpc) is 2.43. The van der Waals surface area contributed by atoms with Crippen molar-refractivity contribution in [3.8, 4) is 0 Å². The Bertz CT molecular complexity index is 613. The number of hydrogen-bond donors (Lipinski definition) is 2. The van der Waals surface area contributed by atoms with Gasteiger partial charge in [0.2, 0.25) is 0 Å². The number of rotatable bonds is 5. The monoisotopic (exact) mass is 279 g/mol. The molecule has 1 aromatic heterocycles. The predicted molar refractivity (Wildman–Crippen MR) is 75.2 cm³/mol. The summed E-state index contributed by atoms with van der Waals surface area (Å²) in [6.45, 7) is 0.620. The van der Waals surface area contributed by atoms with Crippen molar-refractivity contribution in [1.29, 1.82) is 0 Å². The maximum atomic E-state index is 11.4. The molecule has 19 heavy (non-hydrogen) atoms. The van der Waals surface area contributed by atoms with E-state index < -0.39 is 0 Å². The Labute approximate surface area is 115 Å². The summed E-state index contributed by atoms with van der Waals surface area (Å²) < 4.78 is 5.07. The number of hydrogen-bond acceptors (Lipinski definition) is 4. The first kappa shape index (κ1) is 13.6. The van der Waals surface area contributed by atoms with Crippen LogP contribution in [0.1, 0.15) is 5.56 Å². The lowest BCUT2D eigenvalue weighted by molar-refractivity contribution is 0.202. The lowest BCUT2D eigenvalue weighted by Gasteiger charge is -2.11. The van der Waals surface area contributed by atoms with E-state index in [1.54, 1.807) is 7.11 Å². The molecule has 1 aromatic carbocycles. The molecular formula is C13H14ClN3O2. The quantitative estimate of drug-likeness (QED) is 0.882. The van der Waals surface area contributed by atoms with Crippen LogP contribution in [-0.2, 0) is 11.2 Å². The Hall–Kier alpha value is -1.85. The van der Waals surface area contributed by atoms with Crippen LogP contribution in [0.4, 0.5) is 11.5 Å². The molecule has 0 atom stereocenters. The molecule has 0 unspecified atom stereocenters. The number of methoxy groups -OCH3 is 1. The molecule has 0 aliphatic carbocycles. The van der Waals surface area contributed by atoms with Crippen molar-refractivity contribution in [2.24, 2.45) is 0 Å². The van der Waals surface area contributed by atoms with Gasteiger partial charge in [0.05, 0.1) is 12.9 Å². The highest BCUT2D eigenvalue weighted by Gasteiger charge is 2.08.